The lowest BCUT2D eigenvalue weighted by atomic mass is 10.1. The number of aryl methyl sites for hydroxylation is 2. The highest BCUT2D eigenvalue weighted by atomic mass is 16.1. The molecule has 0 radical (unpaired) electrons. The Morgan fingerprint density at radius 2 is 1.65 bits per heavy atom. The molecule has 7 heteroatoms. The van der Waals surface area contributed by atoms with Crippen LogP contribution in [-0.2, 0) is 17.8 Å². The molecule has 194 valence electrons. The lowest BCUT2D eigenvalue weighted by molar-refractivity contribution is -0.121. The molecule has 2 aromatic heterocycles. The molecule has 1 fully saturated rings. The number of rotatable bonds is 10. The predicted octanol–water partition coefficient (Wildman–Crippen LogP) is 4.15. The molecule has 7 nitrogen and oxygen atoms in total. The standard InChI is InChI=1S/C30H38N6O/c1-23-26(24(2)36-30(32-23)27-12-6-7-13-28(27)33-36)14-15-29(37)31-16-8-9-17-34-18-20-35(21-19-34)22-25-10-4-3-5-11-25/h3-7,10-13H,8-9,14-22H2,1-2H3,(H,31,37). The molecule has 0 spiro atoms. The van der Waals surface area contributed by atoms with Gasteiger partial charge in [0, 0.05) is 62.5 Å². The molecule has 1 saturated heterocycles. The van der Waals surface area contributed by atoms with Gasteiger partial charge in [-0.3, -0.25) is 9.69 Å². The van der Waals surface area contributed by atoms with Gasteiger partial charge in [-0.05, 0) is 62.9 Å². The third kappa shape index (κ3) is 6.17. The lowest BCUT2D eigenvalue weighted by Crippen LogP contribution is -2.46. The van der Waals surface area contributed by atoms with E-state index in [0.29, 0.717) is 12.8 Å². The van der Waals surface area contributed by atoms with Gasteiger partial charge in [-0.25, -0.2) is 9.50 Å². The second kappa shape index (κ2) is 11.8. The lowest BCUT2D eigenvalue weighted by Gasteiger charge is -2.34. The van der Waals surface area contributed by atoms with E-state index in [4.69, 9.17) is 10.1 Å². The molecule has 0 atom stereocenters. The van der Waals surface area contributed by atoms with Crippen LogP contribution in [0.2, 0.25) is 0 Å². The average Bonchev–Trinajstić information content (AvgIpc) is 3.29. The van der Waals surface area contributed by atoms with Gasteiger partial charge >= 0.3 is 0 Å². The second-order valence-electron chi connectivity index (χ2n) is 10.2. The Balaban J connectivity index is 1.01. The third-order valence-electron chi connectivity index (χ3n) is 7.56. The Kier molecular flexibility index (Phi) is 8.12. The van der Waals surface area contributed by atoms with Crippen LogP contribution in [0.25, 0.3) is 16.6 Å². The topological polar surface area (TPSA) is 65.8 Å². The van der Waals surface area contributed by atoms with Crippen molar-refractivity contribution in [3.8, 4) is 0 Å². The smallest absolute Gasteiger partial charge is 0.220 e. The van der Waals surface area contributed by atoms with Crippen LogP contribution in [-0.4, -0.2) is 69.6 Å². The fraction of sp³-hybridized carbons (Fsp3) is 0.433. The van der Waals surface area contributed by atoms with Gasteiger partial charge in [0.05, 0.1) is 5.52 Å². The summed E-state index contributed by atoms with van der Waals surface area (Å²) >= 11 is 0. The van der Waals surface area contributed by atoms with Crippen molar-refractivity contribution in [2.24, 2.45) is 0 Å². The predicted molar refractivity (Wildman–Crippen MR) is 149 cm³/mol. The summed E-state index contributed by atoms with van der Waals surface area (Å²) in [7, 11) is 0. The van der Waals surface area contributed by atoms with Crippen LogP contribution in [0.4, 0.5) is 0 Å². The summed E-state index contributed by atoms with van der Waals surface area (Å²) in [6.45, 7) is 11.5. The van der Waals surface area contributed by atoms with E-state index in [-0.39, 0.29) is 5.91 Å². The summed E-state index contributed by atoms with van der Waals surface area (Å²) in [6.07, 6.45) is 3.28. The van der Waals surface area contributed by atoms with Crippen LogP contribution in [0.15, 0.2) is 54.6 Å². The van der Waals surface area contributed by atoms with Crippen molar-refractivity contribution in [3.05, 3.63) is 77.1 Å². The van der Waals surface area contributed by atoms with E-state index in [2.05, 4.69) is 58.4 Å². The number of aromatic nitrogens is 3. The molecule has 37 heavy (non-hydrogen) atoms. The molecular weight excluding hydrogens is 460 g/mol. The van der Waals surface area contributed by atoms with E-state index < -0.39 is 0 Å². The SMILES string of the molecule is Cc1nc2c3ccccc3nn2c(C)c1CCC(=O)NCCCCN1CCN(Cc2ccccc2)CC1. The minimum absolute atomic E-state index is 0.110. The molecule has 1 aliphatic heterocycles. The number of carbonyl (C=O) groups excluding carboxylic acids is 1. The van der Waals surface area contributed by atoms with Gasteiger partial charge in [0.15, 0.2) is 5.65 Å². The zero-order valence-electron chi connectivity index (χ0n) is 22.1. The van der Waals surface area contributed by atoms with Crippen LogP contribution in [0.1, 0.15) is 41.8 Å². The Morgan fingerprint density at radius 3 is 2.46 bits per heavy atom. The Bertz CT molecular complexity index is 1340. The van der Waals surface area contributed by atoms with E-state index in [1.165, 1.54) is 5.56 Å². The van der Waals surface area contributed by atoms with Gasteiger partial charge in [-0.1, -0.05) is 42.5 Å². The molecule has 1 N–H and O–H groups in total. The van der Waals surface area contributed by atoms with Gasteiger partial charge in [0.2, 0.25) is 5.91 Å². The summed E-state index contributed by atoms with van der Waals surface area (Å²) in [5, 5.41) is 8.90. The fourth-order valence-electron chi connectivity index (χ4n) is 5.37. The maximum atomic E-state index is 12.5. The summed E-state index contributed by atoms with van der Waals surface area (Å²) < 4.78 is 1.92. The molecule has 1 aliphatic rings. The van der Waals surface area contributed by atoms with Gasteiger partial charge in [-0.2, -0.15) is 5.10 Å². The Hall–Kier alpha value is -3.29. The molecule has 3 heterocycles. The third-order valence-corrected chi connectivity index (χ3v) is 7.56. The Labute approximate surface area is 219 Å². The van der Waals surface area contributed by atoms with Crippen molar-refractivity contribution >= 4 is 22.5 Å². The van der Waals surface area contributed by atoms with E-state index in [9.17, 15) is 4.79 Å². The number of hydrogen-bond acceptors (Lipinski definition) is 5. The molecule has 0 saturated carbocycles. The molecule has 0 unspecified atom stereocenters. The number of hydrogen-bond donors (Lipinski definition) is 1. The number of fused-ring (bicyclic) bond motifs is 3. The molecular formula is C30H38N6O. The minimum atomic E-state index is 0.110. The minimum Gasteiger partial charge on any atom is -0.356 e. The average molecular weight is 499 g/mol. The monoisotopic (exact) mass is 498 g/mol. The maximum absolute atomic E-state index is 12.5. The van der Waals surface area contributed by atoms with Crippen LogP contribution < -0.4 is 5.32 Å². The molecule has 5 rings (SSSR count). The van der Waals surface area contributed by atoms with Crippen molar-refractivity contribution in [1.29, 1.82) is 0 Å². The first-order valence-electron chi connectivity index (χ1n) is 13.6. The van der Waals surface area contributed by atoms with E-state index >= 15 is 0 Å². The first kappa shape index (κ1) is 25.4. The first-order valence-corrected chi connectivity index (χ1v) is 13.6. The summed E-state index contributed by atoms with van der Waals surface area (Å²) in [5.74, 6) is 0.110. The molecule has 2 aromatic carbocycles. The number of piperazine rings is 1. The number of amides is 1. The second-order valence-corrected chi connectivity index (χ2v) is 10.2. The molecule has 1 amide bonds. The van der Waals surface area contributed by atoms with Crippen LogP contribution in [0, 0.1) is 13.8 Å². The van der Waals surface area contributed by atoms with Gasteiger partial charge < -0.3 is 10.2 Å². The summed E-state index contributed by atoms with van der Waals surface area (Å²) in [5.41, 5.74) is 6.38. The summed E-state index contributed by atoms with van der Waals surface area (Å²) in [4.78, 5) is 22.4. The summed E-state index contributed by atoms with van der Waals surface area (Å²) in [6, 6.07) is 18.8. The number of unbranched alkanes of at least 4 members (excludes halogenated alkanes) is 1. The quantitative estimate of drug-likeness (QED) is 0.333. The zero-order valence-corrected chi connectivity index (χ0v) is 22.1. The van der Waals surface area contributed by atoms with Crippen LogP contribution in [0.3, 0.4) is 0 Å². The fourth-order valence-corrected chi connectivity index (χ4v) is 5.37. The molecule has 0 aliphatic carbocycles. The number of carbonyl (C=O) groups is 1. The van der Waals surface area contributed by atoms with E-state index in [1.54, 1.807) is 0 Å². The maximum Gasteiger partial charge on any atom is 0.220 e. The van der Waals surface area contributed by atoms with Gasteiger partial charge in [0.25, 0.3) is 0 Å². The molecule has 0 bridgehead atoms. The number of benzene rings is 2. The molecule has 4 aromatic rings. The van der Waals surface area contributed by atoms with Crippen molar-refractivity contribution < 1.29 is 4.79 Å². The van der Waals surface area contributed by atoms with Crippen molar-refractivity contribution in [1.82, 2.24) is 29.7 Å². The number of nitrogens with one attached hydrogen (secondary N) is 1. The number of nitrogens with zero attached hydrogens (tertiary/aromatic N) is 5. The van der Waals surface area contributed by atoms with Gasteiger partial charge in [0.1, 0.15) is 0 Å². The highest BCUT2D eigenvalue weighted by molar-refractivity contribution is 5.92. The zero-order chi connectivity index (χ0) is 25.6. The largest absolute Gasteiger partial charge is 0.356 e. The van der Waals surface area contributed by atoms with E-state index in [0.717, 1.165) is 92.2 Å². The highest BCUT2D eigenvalue weighted by Gasteiger charge is 2.17. The normalized spacial score (nSPS) is 15.0. The van der Waals surface area contributed by atoms with Crippen LogP contribution >= 0.6 is 0 Å². The van der Waals surface area contributed by atoms with E-state index in [1.807, 2.05) is 29.6 Å². The van der Waals surface area contributed by atoms with Crippen molar-refractivity contribution in [3.63, 3.8) is 0 Å². The van der Waals surface area contributed by atoms with Crippen molar-refractivity contribution in [2.45, 2.75) is 46.1 Å². The van der Waals surface area contributed by atoms with Crippen LogP contribution in [0.5, 0.6) is 0 Å². The Morgan fingerprint density at radius 1 is 0.919 bits per heavy atom. The highest BCUT2D eigenvalue weighted by Crippen LogP contribution is 2.23. The van der Waals surface area contributed by atoms with Gasteiger partial charge in [-0.15, -0.1) is 0 Å². The first-order chi connectivity index (χ1) is 18.1. The van der Waals surface area contributed by atoms with Crippen molar-refractivity contribution in [2.75, 3.05) is 39.3 Å².